The Kier molecular flexibility index (Phi) is 5.16. The maximum atomic E-state index is 4.57. The molecule has 148 valence electrons. The molecule has 0 atom stereocenters. The molecule has 0 amide bonds. The van der Waals surface area contributed by atoms with Crippen molar-refractivity contribution in [2.45, 2.75) is 32.6 Å². The molecule has 0 aliphatic carbocycles. The second kappa shape index (κ2) is 7.91. The minimum atomic E-state index is 0.0322. The first-order valence-electron chi connectivity index (χ1n) is 9.86. The van der Waals surface area contributed by atoms with Gasteiger partial charge in [0.1, 0.15) is 0 Å². The molecule has 6 nitrogen and oxygen atoms in total. The highest BCUT2D eigenvalue weighted by atomic mass is 15.3. The van der Waals surface area contributed by atoms with Crippen LogP contribution in [0.1, 0.15) is 31.9 Å². The summed E-state index contributed by atoms with van der Waals surface area (Å²) >= 11 is 0. The third kappa shape index (κ3) is 4.37. The SMILES string of the molecule is CC(C)(C)c1ccccc1Nc1cnnc(NCCc2c[nH]c3ccccc23)n1. The van der Waals surface area contributed by atoms with Crippen LogP contribution in [-0.4, -0.2) is 26.7 Å². The van der Waals surface area contributed by atoms with E-state index in [4.69, 9.17) is 0 Å². The lowest BCUT2D eigenvalue weighted by Gasteiger charge is -2.23. The molecule has 0 bridgehead atoms. The smallest absolute Gasteiger partial charge is 0.244 e. The summed E-state index contributed by atoms with van der Waals surface area (Å²) in [6, 6.07) is 16.6. The van der Waals surface area contributed by atoms with Gasteiger partial charge in [0.2, 0.25) is 5.95 Å². The first kappa shape index (κ1) is 18.9. The molecule has 0 radical (unpaired) electrons. The molecule has 0 fully saturated rings. The molecular formula is C23H26N6. The average molecular weight is 387 g/mol. The van der Waals surface area contributed by atoms with Gasteiger partial charge in [-0.15, -0.1) is 5.10 Å². The van der Waals surface area contributed by atoms with Gasteiger partial charge in [-0.3, -0.25) is 0 Å². The monoisotopic (exact) mass is 386 g/mol. The second-order valence-electron chi connectivity index (χ2n) is 8.12. The highest BCUT2D eigenvalue weighted by Gasteiger charge is 2.17. The Morgan fingerprint density at radius 1 is 1.00 bits per heavy atom. The normalized spacial score (nSPS) is 11.6. The van der Waals surface area contributed by atoms with Gasteiger partial charge in [-0.1, -0.05) is 57.2 Å². The van der Waals surface area contributed by atoms with Crippen molar-refractivity contribution in [3.8, 4) is 0 Å². The molecule has 0 spiro atoms. The van der Waals surface area contributed by atoms with Gasteiger partial charge in [0, 0.05) is 29.3 Å². The number of aromatic nitrogens is 4. The summed E-state index contributed by atoms with van der Waals surface area (Å²) in [5.74, 6) is 1.19. The van der Waals surface area contributed by atoms with Crippen molar-refractivity contribution >= 4 is 28.4 Å². The number of hydrogen-bond donors (Lipinski definition) is 3. The predicted octanol–water partition coefficient (Wildman–Crippen LogP) is 5.05. The molecule has 0 aliphatic rings. The molecule has 4 aromatic rings. The topological polar surface area (TPSA) is 78.5 Å². The summed E-state index contributed by atoms with van der Waals surface area (Å²) in [7, 11) is 0. The highest BCUT2D eigenvalue weighted by Crippen LogP contribution is 2.30. The number of rotatable bonds is 6. The van der Waals surface area contributed by atoms with Gasteiger partial charge in [-0.2, -0.15) is 10.1 Å². The van der Waals surface area contributed by atoms with Crippen molar-refractivity contribution in [3.63, 3.8) is 0 Å². The molecule has 6 heteroatoms. The third-order valence-corrected chi connectivity index (χ3v) is 4.91. The quantitative estimate of drug-likeness (QED) is 0.432. The summed E-state index contributed by atoms with van der Waals surface area (Å²) in [5.41, 5.74) is 4.72. The van der Waals surface area contributed by atoms with E-state index in [1.807, 2.05) is 12.1 Å². The van der Waals surface area contributed by atoms with E-state index >= 15 is 0 Å². The van der Waals surface area contributed by atoms with Gasteiger partial charge < -0.3 is 15.6 Å². The van der Waals surface area contributed by atoms with Gasteiger partial charge in [0.05, 0.1) is 6.20 Å². The molecule has 2 aromatic heterocycles. The maximum Gasteiger partial charge on any atom is 0.244 e. The zero-order valence-electron chi connectivity index (χ0n) is 17.0. The largest absolute Gasteiger partial charge is 0.361 e. The van der Waals surface area contributed by atoms with Crippen LogP contribution in [0.3, 0.4) is 0 Å². The predicted molar refractivity (Wildman–Crippen MR) is 119 cm³/mol. The average Bonchev–Trinajstić information content (AvgIpc) is 3.11. The number of hydrogen-bond acceptors (Lipinski definition) is 5. The number of benzene rings is 2. The Morgan fingerprint density at radius 2 is 1.79 bits per heavy atom. The highest BCUT2D eigenvalue weighted by molar-refractivity contribution is 5.83. The summed E-state index contributed by atoms with van der Waals surface area (Å²) in [5, 5.41) is 16.1. The van der Waals surface area contributed by atoms with Gasteiger partial charge in [-0.25, -0.2) is 0 Å². The van der Waals surface area contributed by atoms with Crippen LogP contribution in [0.15, 0.2) is 60.9 Å². The standard InChI is InChI=1S/C23H26N6/c1-23(2,3)18-9-5-7-11-20(18)27-21-15-26-29-22(28-21)24-13-12-16-14-25-19-10-6-4-8-17(16)19/h4-11,14-15,25H,12-13H2,1-3H3,(H2,24,27,28,29). The maximum absolute atomic E-state index is 4.57. The van der Waals surface area contributed by atoms with E-state index < -0.39 is 0 Å². The van der Waals surface area contributed by atoms with Crippen molar-refractivity contribution in [1.82, 2.24) is 20.2 Å². The number of para-hydroxylation sites is 2. The number of nitrogens with zero attached hydrogens (tertiary/aromatic N) is 3. The van der Waals surface area contributed by atoms with Crippen LogP contribution in [0.5, 0.6) is 0 Å². The number of aromatic amines is 1. The van der Waals surface area contributed by atoms with E-state index in [-0.39, 0.29) is 5.41 Å². The van der Waals surface area contributed by atoms with Crippen LogP contribution in [0.4, 0.5) is 17.5 Å². The Hall–Kier alpha value is -3.41. The van der Waals surface area contributed by atoms with E-state index in [1.165, 1.54) is 16.5 Å². The molecular weight excluding hydrogens is 360 g/mol. The molecule has 0 unspecified atom stereocenters. The Bertz CT molecular complexity index is 1110. The molecule has 2 aromatic carbocycles. The van der Waals surface area contributed by atoms with E-state index in [0.717, 1.165) is 24.2 Å². The van der Waals surface area contributed by atoms with E-state index in [0.29, 0.717) is 11.8 Å². The fraction of sp³-hybridized carbons (Fsp3) is 0.261. The first-order valence-corrected chi connectivity index (χ1v) is 9.86. The zero-order chi connectivity index (χ0) is 20.3. The van der Waals surface area contributed by atoms with Crippen molar-refractivity contribution in [1.29, 1.82) is 0 Å². The molecule has 0 saturated carbocycles. The van der Waals surface area contributed by atoms with Crippen LogP contribution in [-0.2, 0) is 11.8 Å². The van der Waals surface area contributed by atoms with Crippen LogP contribution in [0.2, 0.25) is 0 Å². The third-order valence-electron chi connectivity index (χ3n) is 4.91. The number of fused-ring (bicyclic) bond motifs is 1. The van der Waals surface area contributed by atoms with E-state index in [1.54, 1.807) is 6.20 Å². The second-order valence-corrected chi connectivity index (χ2v) is 8.12. The molecule has 0 aliphatic heterocycles. The molecule has 29 heavy (non-hydrogen) atoms. The molecule has 3 N–H and O–H groups in total. The van der Waals surface area contributed by atoms with Crippen LogP contribution >= 0.6 is 0 Å². The summed E-state index contributed by atoms with van der Waals surface area (Å²) in [4.78, 5) is 7.88. The Balaban J connectivity index is 1.43. The first-order chi connectivity index (χ1) is 14.0. The van der Waals surface area contributed by atoms with Crippen LogP contribution in [0, 0.1) is 0 Å². The lowest BCUT2D eigenvalue weighted by molar-refractivity contribution is 0.592. The van der Waals surface area contributed by atoms with Crippen molar-refractivity contribution in [2.24, 2.45) is 0 Å². The van der Waals surface area contributed by atoms with E-state index in [9.17, 15) is 0 Å². The summed E-state index contributed by atoms with van der Waals surface area (Å²) in [6.07, 6.45) is 4.58. The van der Waals surface area contributed by atoms with Gasteiger partial charge >= 0.3 is 0 Å². The number of nitrogens with one attached hydrogen (secondary N) is 3. The Labute approximate surface area is 170 Å². The van der Waals surface area contributed by atoms with Gasteiger partial charge in [0.15, 0.2) is 5.82 Å². The fourth-order valence-corrected chi connectivity index (χ4v) is 3.47. The Morgan fingerprint density at radius 3 is 2.66 bits per heavy atom. The van der Waals surface area contributed by atoms with Crippen LogP contribution < -0.4 is 10.6 Å². The van der Waals surface area contributed by atoms with E-state index in [2.05, 4.69) is 94.2 Å². The fourth-order valence-electron chi connectivity index (χ4n) is 3.47. The molecule has 2 heterocycles. The van der Waals surface area contributed by atoms with Crippen molar-refractivity contribution < 1.29 is 0 Å². The molecule has 4 rings (SSSR count). The van der Waals surface area contributed by atoms with Gasteiger partial charge in [-0.05, 0) is 35.1 Å². The number of H-pyrrole nitrogens is 1. The van der Waals surface area contributed by atoms with Crippen molar-refractivity contribution in [2.75, 3.05) is 17.2 Å². The molecule has 0 saturated heterocycles. The minimum Gasteiger partial charge on any atom is -0.361 e. The zero-order valence-corrected chi connectivity index (χ0v) is 17.0. The lowest BCUT2D eigenvalue weighted by atomic mass is 9.86. The summed E-state index contributed by atoms with van der Waals surface area (Å²) < 4.78 is 0. The summed E-state index contributed by atoms with van der Waals surface area (Å²) in [6.45, 7) is 7.32. The minimum absolute atomic E-state index is 0.0322. The number of anilines is 3. The van der Waals surface area contributed by atoms with Crippen LogP contribution in [0.25, 0.3) is 10.9 Å². The van der Waals surface area contributed by atoms with Crippen molar-refractivity contribution in [3.05, 3.63) is 72.1 Å². The lowest BCUT2D eigenvalue weighted by Crippen LogP contribution is -2.14. The van der Waals surface area contributed by atoms with Gasteiger partial charge in [0.25, 0.3) is 0 Å².